The first kappa shape index (κ1) is 20.5. The van der Waals surface area contributed by atoms with E-state index in [0.717, 1.165) is 11.1 Å². The van der Waals surface area contributed by atoms with E-state index in [4.69, 9.17) is 4.74 Å². The van der Waals surface area contributed by atoms with Crippen LogP contribution in [-0.2, 0) is 16.0 Å². The van der Waals surface area contributed by atoms with Gasteiger partial charge in [-0.25, -0.2) is 0 Å². The average Bonchev–Trinajstić information content (AvgIpc) is 2.77. The number of para-hydroxylation sites is 2. The summed E-state index contributed by atoms with van der Waals surface area (Å²) < 4.78 is 5.60. The number of amides is 2. The van der Waals surface area contributed by atoms with Crippen LogP contribution in [0.2, 0.25) is 0 Å². The highest BCUT2D eigenvalue weighted by Gasteiger charge is 2.16. The zero-order valence-corrected chi connectivity index (χ0v) is 15.9. The van der Waals surface area contributed by atoms with Gasteiger partial charge in [0.1, 0.15) is 5.75 Å². The largest absolute Gasteiger partial charge is 0.483 e. The van der Waals surface area contributed by atoms with E-state index in [-0.39, 0.29) is 24.3 Å². The van der Waals surface area contributed by atoms with Gasteiger partial charge >= 0.3 is 0 Å². The summed E-state index contributed by atoms with van der Waals surface area (Å²) >= 11 is 0. The van der Waals surface area contributed by atoms with E-state index >= 15 is 0 Å². The van der Waals surface area contributed by atoms with Crippen molar-refractivity contribution in [1.82, 2.24) is 10.9 Å². The van der Waals surface area contributed by atoms with Gasteiger partial charge in [0.05, 0.1) is 11.3 Å². The Bertz CT molecular complexity index is 1050. The van der Waals surface area contributed by atoms with E-state index in [1.54, 1.807) is 18.2 Å². The third-order valence-electron chi connectivity index (χ3n) is 4.21. The molecule has 0 aliphatic carbocycles. The minimum Gasteiger partial charge on any atom is -0.483 e. The first-order chi connectivity index (χ1) is 14.5. The number of ether oxygens (including phenoxy) is 1. The molecule has 8 heteroatoms. The van der Waals surface area contributed by atoms with Gasteiger partial charge in [-0.05, 0) is 11.6 Å². The van der Waals surface area contributed by atoms with Gasteiger partial charge in [-0.3, -0.25) is 30.6 Å². The summed E-state index contributed by atoms with van der Waals surface area (Å²) in [6, 6.07) is 22.8. The Morgan fingerprint density at radius 3 is 2.23 bits per heavy atom. The molecular formula is C22H19N3O5. The van der Waals surface area contributed by atoms with Crippen molar-refractivity contribution in [3.8, 4) is 16.9 Å². The van der Waals surface area contributed by atoms with Crippen LogP contribution in [0, 0.1) is 10.1 Å². The Morgan fingerprint density at radius 1 is 0.833 bits per heavy atom. The van der Waals surface area contributed by atoms with Crippen molar-refractivity contribution in [2.75, 3.05) is 6.61 Å². The number of benzene rings is 3. The van der Waals surface area contributed by atoms with Gasteiger partial charge in [-0.2, -0.15) is 0 Å². The molecule has 0 aliphatic rings. The Kier molecular flexibility index (Phi) is 6.73. The second kappa shape index (κ2) is 9.83. The summed E-state index contributed by atoms with van der Waals surface area (Å²) in [5.41, 5.74) is 6.37. The summed E-state index contributed by atoms with van der Waals surface area (Å²) in [4.78, 5) is 34.5. The van der Waals surface area contributed by atoms with Crippen LogP contribution in [0.25, 0.3) is 11.1 Å². The van der Waals surface area contributed by atoms with E-state index in [0.29, 0.717) is 5.75 Å². The Labute approximate surface area is 172 Å². The van der Waals surface area contributed by atoms with Crippen molar-refractivity contribution >= 4 is 17.5 Å². The smallest absolute Gasteiger partial charge is 0.276 e. The number of nitrogens with one attached hydrogen (secondary N) is 2. The summed E-state index contributed by atoms with van der Waals surface area (Å²) in [7, 11) is 0. The van der Waals surface area contributed by atoms with Gasteiger partial charge in [0.15, 0.2) is 6.61 Å². The lowest BCUT2D eigenvalue weighted by Gasteiger charge is -2.12. The highest BCUT2D eigenvalue weighted by atomic mass is 16.6. The first-order valence-corrected chi connectivity index (χ1v) is 9.12. The molecular weight excluding hydrogens is 386 g/mol. The SMILES string of the molecule is O=C(COc1ccccc1-c1ccccc1)NNC(=O)Cc1ccccc1[N+](=O)[O-]. The molecule has 0 spiro atoms. The molecule has 30 heavy (non-hydrogen) atoms. The van der Waals surface area contributed by atoms with Crippen LogP contribution in [0.4, 0.5) is 5.69 Å². The molecule has 0 heterocycles. The molecule has 3 rings (SSSR count). The van der Waals surface area contributed by atoms with Gasteiger partial charge in [-0.15, -0.1) is 0 Å². The van der Waals surface area contributed by atoms with Crippen LogP contribution < -0.4 is 15.6 Å². The molecule has 152 valence electrons. The van der Waals surface area contributed by atoms with E-state index in [1.165, 1.54) is 18.2 Å². The van der Waals surface area contributed by atoms with Crippen molar-refractivity contribution in [2.45, 2.75) is 6.42 Å². The number of nitrogens with zero attached hydrogens (tertiary/aromatic N) is 1. The molecule has 0 bridgehead atoms. The molecule has 0 saturated heterocycles. The third kappa shape index (κ3) is 5.41. The maximum Gasteiger partial charge on any atom is 0.276 e. The number of carbonyl (C=O) groups is 2. The fourth-order valence-electron chi connectivity index (χ4n) is 2.82. The minimum atomic E-state index is -0.581. The molecule has 0 atom stereocenters. The summed E-state index contributed by atoms with van der Waals surface area (Å²) in [6.07, 6.45) is -0.241. The molecule has 0 fully saturated rings. The number of rotatable bonds is 7. The molecule has 0 unspecified atom stereocenters. The number of hydrazine groups is 1. The lowest BCUT2D eigenvalue weighted by atomic mass is 10.1. The van der Waals surface area contributed by atoms with Crippen molar-refractivity contribution in [3.63, 3.8) is 0 Å². The van der Waals surface area contributed by atoms with E-state index in [9.17, 15) is 19.7 Å². The van der Waals surface area contributed by atoms with E-state index in [1.807, 2.05) is 42.5 Å². The van der Waals surface area contributed by atoms with Crippen LogP contribution in [0.3, 0.4) is 0 Å². The molecule has 8 nitrogen and oxygen atoms in total. The second-order valence-corrected chi connectivity index (χ2v) is 6.31. The zero-order chi connectivity index (χ0) is 21.3. The van der Waals surface area contributed by atoms with Crippen LogP contribution in [-0.4, -0.2) is 23.3 Å². The number of nitro benzene ring substituents is 1. The van der Waals surface area contributed by atoms with Gasteiger partial charge in [0.25, 0.3) is 11.6 Å². The predicted octanol–water partition coefficient (Wildman–Crippen LogP) is 3.03. The molecule has 0 aromatic heterocycles. The van der Waals surface area contributed by atoms with Crippen molar-refractivity contribution in [3.05, 3.63) is 94.5 Å². The monoisotopic (exact) mass is 405 g/mol. The molecule has 3 aromatic rings. The quantitative estimate of drug-likeness (QED) is 0.464. The van der Waals surface area contributed by atoms with E-state index in [2.05, 4.69) is 10.9 Å². The fourth-order valence-corrected chi connectivity index (χ4v) is 2.82. The van der Waals surface area contributed by atoms with Crippen molar-refractivity contribution in [1.29, 1.82) is 0 Å². The van der Waals surface area contributed by atoms with Gasteiger partial charge in [-0.1, -0.05) is 66.7 Å². The average molecular weight is 405 g/mol. The predicted molar refractivity (Wildman–Crippen MR) is 110 cm³/mol. The van der Waals surface area contributed by atoms with Crippen LogP contribution in [0.5, 0.6) is 5.75 Å². The molecule has 3 aromatic carbocycles. The molecule has 2 N–H and O–H groups in total. The lowest BCUT2D eigenvalue weighted by Crippen LogP contribution is -2.44. The third-order valence-corrected chi connectivity index (χ3v) is 4.21. The van der Waals surface area contributed by atoms with Crippen molar-refractivity contribution in [2.24, 2.45) is 0 Å². The summed E-state index contributed by atoms with van der Waals surface area (Å²) in [5.74, 6) is -0.610. The number of hydrogen-bond donors (Lipinski definition) is 2. The molecule has 0 radical (unpaired) electrons. The fraction of sp³-hybridized carbons (Fsp3) is 0.0909. The Morgan fingerprint density at radius 2 is 1.47 bits per heavy atom. The lowest BCUT2D eigenvalue weighted by molar-refractivity contribution is -0.385. The summed E-state index contributed by atoms with van der Waals surface area (Å²) in [6.45, 7) is -0.310. The van der Waals surface area contributed by atoms with Gasteiger partial charge in [0.2, 0.25) is 5.91 Å². The Hall–Kier alpha value is -4.20. The van der Waals surface area contributed by atoms with E-state index < -0.39 is 16.7 Å². The van der Waals surface area contributed by atoms with Gasteiger partial charge in [0, 0.05) is 17.2 Å². The standard InChI is InChI=1S/C22H19N3O5/c26-21(14-17-10-4-6-12-19(17)25(28)29)23-24-22(27)15-30-20-13-7-5-11-18(20)16-8-2-1-3-9-16/h1-13H,14-15H2,(H,23,26)(H,24,27). The highest BCUT2D eigenvalue weighted by Crippen LogP contribution is 2.29. The van der Waals surface area contributed by atoms with Crippen LogP contribution >= 0.6 is 0 Å². The number of nitro groups is 1. The molecule has 2 amide bonds. The van der Waals surface area contributed by atoms with Crippen LogP contribution in [0.15, 0.2) is 78.9 Å². The normalized spacial score (nSPS) is 10.1. The first-order valence-electron chi connectivity index (χ1n) is 9.12. The maximum atomic E-state index is 12.0. The summed E-state index contributed by atoms with van der Waals surface area (Å²) in [5, 5.41) is 11.0. The zero-order valence-electron chi connectivity index (χ0n) is 15.9. The minimum absolute atomic E-state index is 0.153. The number of carbonyl (C=O) groups excluding carboxylic acids is 2. The molecule has 0 aliphatic heterocycles. The topological polar surface area (TPSA) is 111 Å². The highest BCUT2D eigenvalue weighted by molar-refractivity contribution is 5.84. The van der Waals surface area contributed by atoms with Crippen LogP contribution in [0.1, 0.15) is 5.56 Å². The Balaban J connectivity index is 1.53. The second-order valence-electron chi connectivity index (χ2n) is 6.31. The van der Waals surface area contributed by atoms with Crippen molar-refractivity contribution < 1.29 is 19.2 Å². The van der Waals surface area contributed by atoms with Gasteiger partial charge < -0.3 is 4.74 Å². The maximum absolute atomic E-state index is 12.0. The molecule has 0 saturated carbocycles. The number of hydrogen-bond acceptors (Lipinski definition) is 5.